The monoisotopic (exact) mass is 213 g/mol. The van der Waals surface area contributed by atoms with Crippen molar-refractivity contribution < 1.29 is 0 Å². The van der Waals surface area contributed by atoms with Crippen LogP contribution in [0.25, 0.3) is 11.3 Å². The zero-order valence-electron chi connectivity index (χ0n) is 9.78. The third-order valence-electron chi connectivity index (χ3n) is 2.57. The summed E-state index contributed by atoms with van der Waals surface area (Å²) in [7, 11) is 1.86. The normalized spacial score (nSPS) is 10.2. The number of rotatable bonds is 2. The first-order valence-corrected chi connectivity index (χ1v) is 5.28. The molecular weight excluding hydrogens is 198 g/mol. The Hall–Kier alpha value is -1.90. The van der Waals surface area contributed by atoms with Gasteiger partial charge in [0.15, 0.2) is 5.82 Å². The smallest absolute Gasteiger partial charge is 0.152 e. The Morgan fingerprint density at radius 3 is 2.50 bits per heavy atom. The molecule has 0 amide bonds. The van der Waals surface area contributed by atoms with Crippen molar-refractivity contribution in [3.63, 3.8) is 0 Å². The van der Waals surface area contributed by atoms with E-state index in [4.69, 9.17) is 0 Å². The summed E-state index contributed by atoms with van der Waals surface area (Å²) >= 11 is 0. The van der Waals surface area contributed by atoms with Crippen LogP contribution in [0.5, 0.6) is 0 Å². The first kappa shape index (κ1) is 10.6. The summed E-state index contributed by atoms with van der Waals surface area (Å²) in [6.45, 7) is 4.18. The lowest BCUT2D eigenvalue weighted by Gasteiger charge is -2.09. The minimum atomic E-state index is 0.814. The number of aryl methyl sites for hydroxylation is 2. The van der Waals surface area contributed by atoms with Gasteiger partial charge < -0.3 is 5.32 Å². The van der Waals surface area contributed by atoms with E-state index in [2.05, 4.69) is 47.3 Å². The highest BCUT2D eigenvalue weighted by atomic mass is 15.0. The average molecular weight is 213 g/mol. The minimum absolute atomic E-state index is 0.814. The number of benzene rings is 1. The lowest BCUT2D eigenvalue weighted by Crippen LogP contribution is -1.98. The topological polar surface area (TPSA) is 37.8 Å². The largest absolute Gasteiger partial charge is 0.371 e. The SMILES string of the molecule is CNc1nccnc1-c1ccc(C)cc1C. The second-order valence-corrected chi connectivity index (χ2v) is 3.82. The molecule has 0 unspecified atom stereocenters. The van der Waals surface area contributed by atoms with Crippen LogP contribution >= 0.6 is 0 Å². The Bertz CT molecular complexity index is 506. The van der Waals surface area contributed by atoms with E-state index in [1.54, 1.807) is 12.4 Å². The highest BCUT2D eigenvalue weighted by Crippen LogP contribution is 2.26. The maximum absolute atomic E-state index is 4.39. The van der Waals surface area contributed by atoms with Crippen LogP contribution in [0.15, 0.2) is 30.6 Å². The van der Waals surface area contributed by atoms with E-state index in [9.17, 15) is 0 Å². The predicted molar refractivity (Wildman–Crippen MR) is 66.5 cm³/mol. The van der Waals surface area contributed by atoms with Crippen molar-refractivity contribution in [2.45, 2.75) is 13.8 Å². The van der Waals surface area contributed by atoms with Gasteiger partial charge in [0.1, 0.15) is 5.69 Å². The summed E-state index contributed by atoms with van der Waals surface area (Å²) in [6.07, 6.45) is 3.41. The number of aromatic nitrogens is 2. The van der Waals surface area contributed by atoms with Gasteiger partial charge in [-0.05, 0) is 19.4 Å². The molecule has 1 N–H and O–H groups in total. The molecule has 0 aliphatic heterocycles. The second kappa shape index (κ2) is 4.31. The van der Waals surface area contributed by atoms with Crippen molar-refractivity contribution in [3.8, 4) is 11.3 Å². The molecule has 1 aromatic heterocycles. The van der Waals surface area contributed by atoms with Crippen LogP contribution in [0, 0.1) is 13.8 Å². The van der Waals surface area contributed by atoms with Crippen molar-refractivity contribution in [1.82, 2.24) is 9.97 Å². The fraction of sp³-hybridized carbons (Fsp3) is 0.231. The summed E-state index contributed by atoms with van der Waals surface area (Å²) in [5.74, 6) is 0.814. The Morgan fingerprint density at radius 2 is 1.81 bits per heavy atom. The standard InChI is InChI=1S/C13H15N3/c1-9-4-5-11(10(2)8-9)12-13(14-3)16-7-6-15-12/h4-8H,1-3H3,(H,14,16). The van der Waals surface area contributed by atoms with Crippen LogP contribution in [0.2, 0.25) is 0 Å². The van der Waals surface area contributed by atoms with Crippen molar-refractivity contribution in [3.05, 3.63) is 41.7 Å². The van der Waals surface area contributed by atoms with Gasteiger partial charge in [0.2, 0.25) is 0 Å². The van der Waals surface area contributed by atoms with Gasteiger partial charge in [-0.15, -0.1) is 0 Å². The van der Waals surface area contributed by atoms with E-state index >= 15 is 0 Å². The first-order chi connectivity index (χ1) is 7.72. The Morgan fingerprint density at radius 1 is 1.06 bits per heavy atom. The zero-order chi connectivity index (χ0) is 11.5. The van der Waals surface area contributed by atoms with Crippen LogP contribution in [0.3, 0.4) is 0 Å². The molecule has 0 aliphatic rings. The second-order valence-electron chi connectivity index (χ2n) is 3.82. The van der Waals surface area contributed by atoms with Gasteiger partial charge in [-0.3, -0.25) is 4.98 Å². The van der Waals surface area contributed by atoms with Gasteiger partial charge in [0.05, 0.1) is 0 Å². The number of hydrogen-bond donors (Lipinski definition) is 1. The van der Waals surface area contributed by atoms with E-state index in [1.807, 2.05) is 7.05 Å². The number of nitrogens with zero attached hydrogens (tertiary/aromatic N) is 2. The molecule has 0 saturated carbocycles. The molecule has 3 heteroatoms. The van der Waals surface area contributed by atoms with E-state index in [-0.39, 0.29) is 0 Å². The lowest BCUT2D eigenvalue weighted by molar-refractivity contribution is 1.18. The predicted octanol–water partition coefficient (Wildman–Crippen LogP) is 2.80. The fourth-order valence-electron chi connectivity index (χ4n) is 1.80. The number of nitrogens with one attached hydrogen (secondary N) is 1. The molecule has 2 aromatic rings. The van der Waals surface area contributed by atoms with Crippen molar-refractivity contribution in [2.24, 2.45) is 0 Å². The van der Waals surface area contributed by atoms with Crippen molar-refractivity contribution in [2.75, 3.05) is 12.4 Å². The molecule has 0 spiro atoms. The van der Waals surface area contributed by atoms with Gasteiger partial charge in [0, 0.05) is 25.0 Å². The number of hydrogen-bond acceptors (Lipinski definition) is 3. The van der Waals surface area contributed by atoms with E-state index in [0.29, 0.717) is 0 Å². The van der Waals surface area contributed by atoms with Crippen molar-refractivity contribution >= 4 is 5.82 Å². The highest BCUT2D eigenvalue weighted by Gasteiger charge is 2.08. The van der Waals surface area contributed by atoms with Gasteiger partial charge in [-0.2, -0.15) is 0 Å². The van der Waals surface area contributed by atoms with E-state index in [0.717, 1.165) is 17.1 Å². The molecule has 1 aromatic carbocycles. The quantitative estimate of drug-likeness (QED) is 0.833. The maximum Gasteiger partial charge on any atom is 0.152 e. The third-order valence-corrected chi connectivity index (χ3v) is 2.57. The van der Waals surface area contributed by atoms with Crippen molar-refractivity contribution in [1.29, 1.82) is 0 Å². The molecule has 16 heavy (non-hydrogen) atoms. The molecule has 0 aliphatic carbocycles. The highest BCUT2D eigenvalue weighted by molar-refractivity contribution is 5.73. The Balaban J connectivity index is 2.58. The van der Waals surface area contributed by atoms with Crippen LogP contribution in [-0.2, 0) is 0 Å². The lowest BCUT2D eigenvalue weighted by atomic mass is 10.0. The molecule has 0 saturated heterocycles. The van der Waals surface area contributed by atoms with Gasteiger partial charge in [-0.25, -0.2) is 4.98 Å². The van der Waals surface area contributed by atoms with Crippen LogP contribution < -0.4 is 5.32 Å². The molecule has 1 heterocycles. The first-order valence-electron chi connectivity index (χ1n) is 5.28. The molecule has 0 fully saturated rings. The summed E-state index contributed by atoms with van der Waals surface area (Å²) < 4.78 is 0. The Kier molecular flexibility index (Phi) is 2.86. The molecule has 2 rings (SSSR count). The molecular formula is C13H15N3. The van der Waals surface area contributed by atoms with Crippen LogP contribution in [0.4, 0.5) is 5.82 Å². The summed E-state index contributed by atoms with van der Waals surface area (Å²) in [6, 6.07) is 6.34. The zero-order valence-corrected chi connectivity index (χ0v) is 9.78. The van der Waals surface area contributed by atoms with Crippen LogP contribution in [-0.4, -0.2) is 17.0 Å². The van der Waals surface area contributed by atoms with E-state index in [1.165, 1.54) is 11.1 Å². The van der Waals surface area contributed by atoms with Gasteiger partial charge in [0.25, 0.3) is 0 Å². The molecule has 0 atom stereocenters. The fourth-order valence-corrected chi connectivity index (χ4v) is 1.80. The average Bonchev–Trinajstić information content (AvgIpc) is 2.29. The summed E-state index contributed by atoms with van der Waals surface area (Å²) in [5, 5.41) is 3.06. The Labute approximate surface area is 95.6 Å². The van der Waals surface area contributed by atoms with Gasteiger partial charge >= 0.3 is 0 Å². The summed E-state index contributed by atoms with van der Waals surface area (Å²) in [5.41, 5.74) is 4.51. The third kappa shape index (κ3) is 1.89. The number of anilines is 1. The van der Waals surface area contributed by atoms with Crippen LogP contribution in [0.1, 0.15) is 11.1 Å². The maximum atomic E-state index is 4.39. The van der Waals surface area contributed by atoms with Gasteiger partial charge in [-0.1, -0.05) is 23.8 Å². The summed E-state index contributed by atoms with van der Waals surface area (Å²) in [4.78, 5) is 8.65. The minimum Gasteiger partial charge on any atom is -0.371 e. The molecule has 82 valence electrons. The van der Waals surface area contributed by atoms with E-state index < -0.39 is 0 Å². The molecule has 3 nitrogen and oxygen atoms in total. The molecule has 0 bridgehead atoms. The molecule has 0 radical (unpaired) electrons.